The molecule has 122 valence electrons. The van der Waals surface area contributed by atoms with E-state index in [1.165, 1.54) is 0 Å². The summed E-state index contributed by atoms with van der Waals surface area (Å²) in [4.78, 5) is 25.5. The van der Waals surface area contributed by atoms with Gasteiger partial charge in [0.2, 0.25) is 0 Å². The summed E-state index contributed by atoms with van der Waals surface area (Å²) in [6, 6.07) is 3.76. The van der Waals surface area contributed by atoms with Crippen molar-refractivity contribution in [2.24, 2.45) is 7.05 Å². The van der Waals surface area contributed by atoms with Crippen LogP contribution in [-0.4, -0.2) is 63.0 Å². The Balaban J connectivity index is 1.68. The third-order valence-corrected chi connectivity index (χ3v) is 4.48. The molecule has 2 aromatic heterocycles. The van der Waals surface area contributed by atoms with Gasteiger partial charge in [0.05, 0.1) is 0 Å². The Morgan fingerprint density at radius 2 is 1.96 bits per heavy atom. The van der Waals surface area contributed by atoms with Crippen molar-refractivity contribution < 1.29 is 4.79 Å². The molecule has 0 radical (unpaired) electrons. The first-order chi connectivity index (χ1) is 11.1. The van der Waals surface area contributed by atoms with Crippen LogP contribution in [0.4, 0.5) is 5.82 Å². The lowest BCUT2D eigenvalue weighted by Gasteiger charge is -2.35. The zero-order valence-corrected chi connectivity index (χ0v) is 14.4. The van der Waals surface area contributed by atoms with Crippen LogP contribution in [0.3, 0.4) is 0 Å². The molecule has 2 aromatic rings. The Morgan fingerprint density at radius 1 is 1.22 bits per heavy atom. The van der Waals surface area contributed by atoms with E-state index in [4.69, 9.17) is 0 Å². The predicted octanol–water partition coefficient (Wildman–Crippen LogP) is 1.20. The Hall–Kier alpha value is -2.09. The molecule has 23 heavy (non-hydrogen) atoms. The summed E-state index contributed by atoms with van der Waals surface area (Å²) < 4.78 is 1.62. The maximum atomic E-state index is 12.5. The Bertz CT molecular complexity index is 708. The summed E-state index contributed by atoms with van der Waals surface area (Å²) in [6.07, 6.45) is 3.63. The summed E-state index contributed by atoms with van der Waals surface area (Å²) in [5, 5.41) is 4.85. The van der Waals surface area contributed by atoms with E-state index in [1.54, 1.807) is 35.8 Å². The van der Waals surface area contributed by atoms with Gasteiger partial charge in [-0.05, 0) is 19.2 Å². The van der Waals surface area contributed by atoms with E-state index in [1.807, 2.05) is 24.1 Å². The lowest BCUT2D eigenvalue weighted by Crippen LogP contribution is -2.49. The van der Waals surface area contributed by atoms with Gasteiger partial charge < -0.3 is 9.80 Å². The quantitative estimate of drug-likeness (QED) is 0.621. The first-order valence-corrected chi connectivity index (χ1v) is 8.73. The summed E-state index contributed by atoms with van der Waals surface area (Å²) in [7, 11) is 1.79. The molecule has 0 unspecified atom stereocenters. The van der Waals surface area contributed by atoms with Crippen molar-refractivity contribution in [2.45, 2.75) is 12.1 Å². The molecule has 1 fully saturated rings. The minimum atomic E-state index is 0.0355. The molecule has 0 N–H and O–H groups in total. The summed E-state index contributed by atoms with van der Waals surface area (Å²) in [6.45, 7) is 4.89. The van der Waals surface area contributed by atoms with Gasteiger partial charge in [0.1, 0.15) is 11.5 Å². The molecule has 1 aliphatic heterocycles. The number of anilines is 1. The molecule has 1 saturated heterocycles. The van der Waals surface area contributed by atoms with Crippen molar-refractivity contribution in [3.05, 3.63) is 29.7 Å². The first kappa shape index (κ1) is 15.8. The molecular formula is C15H20N6OS. The second-order valence-corrected chi connectivity index (χ2v) is 6.25. The van der Waals surface area contributed by atoms with Gasteiger partial charge in [0, 0.05) is 51.2 Å². The normalized spacial score (nSPS) is 15.1. The van der Waals surface area contributed by atoms with Gasteiger partial charge in [-0.15, -0.1) is 0 Å². The molecule has 0 spiro atoms. The number of carbonyl (C=O) groups is 1. The number of thioether (sulfide) groups is 1. The van der Waals surface area contributed by atoms with Crippen molar-refractivity contribution >= 4 is 23.5 Å². The van der Waals surface area contributed by atoms with Crippen LogP contribution in [0.2, 0.25) is 0 Å². The van der Waals surface area contributed by atoms with Gasteiger partial charge >= 0.3 is 0 Å². The number of rotatable bonds is 3. The second-order valence-electron chi connectivity index (χ2n) is 5.47. The fourth-order valence-corrected chi connectivity index (χ4v) is 3.08. The maximum Gasteiger partial charge on any atom is 0.272 e. The fourth-order valence-electron chi connectivity index (χ4n) is 2.66. The van der Waals surface area contributed by atoms with E-state index in [2.05, 4.69) is 20.0 Å². The summed E-state index contributed by atoms with van der Waals surface area (Å²) >= 11 is 1.54. The smallest absolute Gasteiger partial charge is 0.272 e. The van der Waals surface area contributed by atoms with Crippen LogP contribution in [0.25, 0.3) is 0 Å². The number of aromatic nitrogens is 4. The van der Waals surface area contributed by atoms with Crippen LogP contribution in [0.1, 0.15) is 16.2 Å². The highest BCUT2D eigenvalue weighted by molar-refractivity contribution is 7.98. The second kappa shape index (κ2) is 6.57. The fraction of sp³-hybridized carbons (Fsp3) is 0.467. The Morgan fingerprint density at radius 3 is 2.57 bits per heavy atom. The van der Waals surface area contributed by atoms with Crippen molar-refractivity contribution in [2.75, 3.05) is 37.3 Å². The van der Waals surface area contributed by atoms with Gasteiger partial charge in [-0.1, -0.05) is 11.8 Å². The van der Waals surface area contributed by atoms with E-state index in [9.17, 15) is 4.79 Å². The average molecular weight is 332 g/mol. The van der Waals surface area contributed by atoms with Crippen molar-refractivity contribution in [3.8, 4) is 0 Å². The predicted molar refractivity (Wildman–Crippen MR) is 89.9 cm³/mol. The molecule has 0 aromatic carbocycles. The lowest BCUT2D eigenvalue weighted by atomic mass is 10.2. The van der Waals surface area contributed by atoms with E-state index in [-0.39, 0.29) is 5.91 Å². The monoisotopic (exact) mass is 332 g/mol. The number of hydrogen-bond donors (Lipinski definition) is 0. The van der Waals surface area contributed by atoms with E-state index >= 15 is 0 Å². The van der Waals surface area contributed by atoms with Crippen molar-refractivity contribution in [3.63, 3.8) is 0 Å². The number of amides is 1. The molecule has 0 bridgehead atoms. The standard InChI is InChI=1S/C15H20N6OS/c1-11-10-13(18-15(17-11)23-3)20-6-8-21(9-7-20)14(22)12-4-5-16-19(12)2/h4-5,10H,6-9H2,1-3H3. The zero-order valence-electron chi connectivity index (χ0n) is 13.6. The van der Waals surface area contributed by atoms with Crippen molar-refractivity contribution in [1.29, 1.82) is 0 Å². The SMILES string of the molecule is CSc1nc(C)cc(N2CCN(C(=O)c3ccnn3C)CC2)n1. The number of carbonyl (C=O) groups excluding carboxylic acids is 1. The Kier molecular flexibility index (Phi) is 4.51. The van der Waals surface area contributed by atoms with Gasteiger partial charge in [0.25, 0.3) is 5.91 Å². The summed E-state index contributed by atoms with van der Waals surface area (Å²) in [5.41, 5.74) is 1.59. The lowest BCUT2D eigenvalue weighted by molar-refractivity contribution is 0.0735. The minimum Gasteiger partial charge on any atom is -0.353 e. The number of aryl methyl sites for hydroxylation is 2. The number of nitrogens with zero attached hydrogens (tertiary/aromatic N) is 6. The molecule has 1 aliphatic rings. The van der Waals surface area contributed by atoms with Gasteiger partial charge in [-0.2, -0.15) is 5.10 Å². The summed E-state index contributed by atoms with van der Waals surface area (Å²) in [5.74, 6) is 0.975. The average Bonchev–Trinajstić information content (AvgIpc) is 2.99. The molecule has 0 saturated carbocycles. The highest BCUT2D eigenvalue weighted by Gasteiger charge is 2.24. The number of hydrogen-bond acceptors (Lipinski definition) is 6. The highest BCUT2D eigenvalue weighted by atomic mass is 32.2. The largest absolute Gasteiger partial charge is 0.353 e. The molecule has 0 aliphatic carbocycles. The minimum absolute atomic E-state index is 0.0355. The van der Waals surface area contributed by atoms with Crippen LogP contribution >= 0.6 is 11.8 Å². The van der Waals surface area contributed by atoms with Gasteiger partial charge in [0.15, 0.2) is 5.16 Å². The van der Waals surface area contributed by atoms with E-state index in [0.29, 0.717) is 18.8 Å². The van der Waals surface area contributed by atoms with Crippen LogP contribution in [0, 0.1) is 6.92 Å². The third-order valence-electron chi connectivity index (χ3n) is 3.93. The van der Waals surface area contributed by atoms with E-state index < -0.39 is 0 Å². The molecule has 0 atom stereocenters. The molecule has 1 amide bonds. The third kappa shape index (κ3) is 3.31. The van der Waals surface area contributed by atoms with Crippen LogP contribution in [-0.2, 0) is 7.05 Å². The van der Waals surface area contributed by atoms with Gasteiger partial charge in [-0.3, -0.25) is 9.48 Å². The molecule has 3 heterocycles. The molecular weight excluding hydrogens is 312 g/mol. The molecule has 7 nitrogen and oxygen atoms in total. The maximum absolute atomic E-state index is 12.5. The van der Waals surface area contributed by atoms with Crippen LogP contribution in [0.5, 0.6) is 0 Å². The van der Waals surface area contributed by atoms with Crippen LogP contribution < -0.4 is 4.90 Å². The zero-order chi connectivity index (χ0) is 16.4. The van der Waals surface area contributed by atoms with Gasteiger partial charge in [-0.25, -0.2) is 9.97 Å². The topological polar surface area (TPSA) is 67.2 Å². The molecule has 8 heteroatoms. The highest BCUT2D eigenvalue weighted by Crippen LogP contribution is 2.19. The molecule has 3 rings (SSSR count). The Labute approximate surface area is 139 Å². The first-order valence-electron chi connectivity index (χ1n) is 7.50. The number of piperazine rings is 1. The van der Waals surface area contributed by atoms with E-state index in [0.717, 1.165) is 29.8 Å². The van der Waals surface area contributed by atoms with Crippen LogP contribution in [0.15, 0.2) is 23.5 Å². The van der Waals surface area contributed by atoms with Crippen molar-refractivity contribution in [1.82, 2.24) is 24.6 Å².